The van der Waals surface area contributed by atoms with E-state index in [4.69, 9.17) is 0 Å². The van der Waals surface area contributed by atoms with Crippen LogP contribution in [0.2, 0.25) is 0 Å². The summed E-state index contributed by atoms with van der Waals surface area (Å²) < 4.78 is 34.2. The van der Waals surface area contributed by atoms with Crippen molar-refractivity contribution in [3.63, 3.8) is 0 Å². The lowest BCUT2D eigenvalue weighted by Gasteiger charge is -2.21. The van der Waals surface area contributed by atoms with Crippen LogP contribution in [0.1, 0.15) is 56.7 Å². The van der Waals surface area contributed by atoms with E-state index in [-0.39, 0.29) is 16.9 Å². The third-order valence-electron chi connectivity index (χ3n) is 4.91. The number of esters is 1. The predicted molar refractivity (Wildman–Crippen MR) is 123 cm³/mol. The third kappa shape index (κ3) is 7.85. The molecule has 1 N–H and O–H groups in total. The zero-order valence-electron chi connectivity index (χ0n) is 17.7. The van der Waals surface area contributed by atoms with E-state index in [2.05, 4.69) is 39.2 Å². The van der Waals surface area contributed by atoms with Crippen LogP contribution in [0.25, 0.3) is 0 Å². The number of sulfonamides is 1. The van der Waals surface area contributed by atoms with Gasteiger partial charge in [0.15, 0.2) is 0 Å². The van der Waals surface area contributed by atoms with Crippen LogP contribution in [0.5, 0.6) is 0 Å². The Morgan fingerprint density at radius 3 is 2.23 bits per heavy atom. The highest BCUT2D eigenvalue weighted by Gasteiger charge is 2.21. The molecule has 0 saturated carbocycles. The van der Waals surface area contributed by atoms with E-state index in [1.807, 2.05) is 24.3 Å². The van der Waals surface area contributed by atoms with Gasteiger partial charge in [-0.3, -0.25) is 4.79 Å². The van der Waals surface area contributed by atoms with Crippen LogP contribution in [-0.4, -0.2) is 21.5 Å². The van der Waals surface area contributed by atoms with Crippen molar-refractivity contribution in [1.29, 1.82) is 0 Å². The fourth-order valence-corrected chi connectivity index (χ4v) is 4.64. The summed E-state index contributed by atoms with van der Waals surface area (Å²) in [7, 11) is -2.24. The molecule has 1 atom stereocenters. The second-order valence-corrected chi connectivity index (χ2v) is 10.4. The lowest BCUT2D eigenvalue weighted by Crippen LogP contribution is -2.29. The molecule has 1 unspecified atom stereocenters. The van der Waals surface area contributed by atoms with E-state index in [1.54, 1.807) is 24.3 Å². The summed E-state index contributed by atoms with van der Waals surface area (Å²) in [6.07, 6.45) is 3.52. The molecule has 0 saturated heterocycles. The molecular formula is C23H30BrNO4S. The van der Waals surface area contributed by atoms with Crippen LogP contribution in [0.3, 0.4) is 0 Å². The van der Waals surface area contributed by atoms with Gasteiger partial charge in [-0.1, -0.05) is 54.0 Å². The van der Waals surface area contributed by atoms with Crippen LogP contribution < -0.4 is 4.72 Å². The van der Waals surface area contributed by atoms with Gasteiger partial charge in [0.25, 0.3) is 0 Å². The van der Waals surface area contributed by atoms with Crippen molar-refractivity contribution in [2.45, 2.75) is 56.9 Å². The number of benzene rings is 2. The van der Waals surface area contributed by atoms with Crippen LogP contribution in [-0.2, 0) is 26.0 Å². The van der Waals surface area contributed by atoms with Gasteiger partial charge in [-0.25, -0.2) is 13.1 Å². The Balaban J connectivity index is 2.13. The highest BCUT2D eigenvalue weighted by molar-refractivity contribution is 9.10. The first-order chi connectivity index (χ1) is 14.2. The maximum atomic E-state index is 12.9. The van der Waals surface area contributed by atoms with E-state index >= 15 is 0 Å². The number of aryl methyl sites for hydroxylation is 1. The van der Waals surface area contributed by atoms with E-state index in [0.717, 1.165) is 41.3 Å². The number of hydrogen-bond donors (Lipinski definition) is 1. The Kier molecular flexibility index (Phi) is 9.52. The molecule has 2 aromatic rings. The Morgan fingerprint density at radius 1 is 1.03 bits per heavy atom. The Morgan fingerprint density at radius 2 is 1.67 bits per heavy atom. The molecule has 0 fully saturated rings. The molecule has 0 aliphatic rings. The molecule has 0 bridgehead atoms. The zero-order chi connectivity index (χ0) is 22.1. The van der Waals surface area contributed by atoms with Crippen molar-refractivity contribution < 1.29 is 17.9 Å². The molecule has 2 aromatic carbocycles. The van der Waals surface area contributed by atoms with Gasteiger partial charge < -0.3 is 4.74 Å². The largest absolute Gasteiger partial charge is 0.469 e. The summed E-state index contributed by atoms with van der Waals surface area (Å²) in [6.45, 7) is 4.26. The van der Waals surface area contributed by atoms with E-state index < -0.39 is 10.0 Å². The first kappa shape index (κ1) is 24.6. The average molecular weight is 496 g/mol. The third-order valence-corrected chi connectivity index (χ3v) is 6.93. The molecular weight excluding hydrogens is 466 g/mol. The molecule has 0 aliphatic carbocycles. The summed E-state index contributed by atoms with van der Waals surface area (Å²) in [4.78, 5) is 11.5. The summed E-state index contributed by atoms with van der Waals surface area (Å²) in [6, 6.07) is 14.3. The van der Waals surface area contributed by atoms with E-state index in [9.17, 15) is 13.2 Å². The van der Waals surface area contributed by atoms with Crippen molar-refractivity contribution in [1.82, 2.24) is 4.72 Å². The lowest BCUT2D eigenvalue weighted by atomic mass is 9.97. The monoisotopic (exact) mass is 495 g/mol. The molecule has 30 heavy (non-hydrogen) atoms. The van der Waals surface area contributed by atoms with E-state index in [0.29, 0.717) is 12.3 Å². The molecule has 0 spiro atoms. The minimum atomic E-state index is -3.63. The number of halogens is 1. The summed E-state index contributed by atoms with van der Waals surface area (Å²) in [5.41, 5.74) is 2.05. The van der Waals surface area contributed by atoms with Crippen LogP contribution in [0.15, 0.2) is 57.9 Å². The van der Waals surface area contributed by atoms with Gasteiger partial charge >= 0.3 is 5.97 Å². The second kappa shape index (κ2) is 11.6. The van der Waals surface area contributed by atoms with Crippen molar-refractivity contribution in [3.05, 3.63) is 64.1 Å². The predicted octanol–water partition coefficient (Wildman–Crippen LogP) is 5.40. The first-order valence-electron chi connectivity index (χ1n) is 10.1. The SMILES string of the molecule is COC(=O)CCCc1ccc(C(CCC(C)C)NS(=O)(=O)c2ccc(Br)cc2)cc1. The van der Waals surface area contributed by atoms with Gasteiger partial charge in [0.05, 0.1) is 12.0 Å². The molecule has 5 nitrogen and oxygen atoms in total. The maximum Gasteiger partial charge on any atom is 0.305 e. The fourth-order valence-electron chi connectivity index (χ4n) is 3.12. The van der Waals surface area contributed by atoms with Crippen molar-refractivity contribution in [2.24, 2.45) is 5.92 Å². The summed E-state index contributed by atoms with van der Waals surface area (Å²) in [5, 5.41) is 0. The average Bonchev–Trinajstić information content (AvgIpc) is 2.71. The number of rotatable bonds is 11. The van der Waals surface area contributed by atoms with Crippen molar-refractivity contribution in [2.75, 3.05) is 7.11 Å². The van der Waals surface area contributed by atoms with Crippen LogP contribution in [0.4, 0.5) is 0 Å². The summed E-state index contributed by atoms with van der Waals surface area (Å²) >= 11 is 3.34. The number of carbonyl (C=O) groups is 1. The van der Waals surface area contributed by atoms with Gasteiger partial charge in [0.1, 0.15) is 0 Å². The second-order valence-electron chi connectivity index (χ2n) is 7.77. The summed E-state index contributed by atoms with van der Waals surface area (Å²) in [5.74, 6) is 0.269. The smallest absolute Gasteiger partial charge is 0.305 e. The molecule has 0 aliphatic heterocycles. The number of ether oxygens (including phenoxy) is 1. The molecule has 0 radical (unpaired) electrons. The lowest BCUT2D eigenvalue weighted by molar-refractivity contribution is -0.140. The van der Waals surface area contributed by atoms with Gasteiger partial charge in [-0.15, -0.1) is 0 Å². The molecule has 0 heterocycles. The Hall–Kier alpha value is -1.70. The molecule has 2 rings (SSSR count). The highest BCUT2D eigenvalue weighted by atomic mass is 79.9. The molecule has 7 heteroatoms. The number of carbonyl (C=O) groups excluding carboxylic acids is 1. The first-order valence-corrected chi connectivity index (χ1v) is 12.4. The number of methoxy groups -OCH3 is 1. The van der Waals surface area contributed by atoms with Crippen LogP contribution in [0, 0.1) is 5.92 Å². The maximum absolute atomic E-state index is 12.9. The van der Waals surface area contributed by atoms with Gasteiger partial charge in [0.2, 0.25) is 10.0 Å². The van der Waals surface area contributed by atoms with Gasteiger partial charge in [0, 0.05) is 16.9 Å². The van der Waals surface area contributed by atoms with Gasteiger partial charge in [-0.2, -0.15) is 0 Å². The molecule has 164 valence electrons. The van der Waals surface area contributed by atoms with Gasteiger partial charge in [-0.05, 0) is 67.0 Å². The minimum Gasteiger partial charge on any atom is -0.469 e. The fraction of sp³-hybridized carbons (Fsp3) is 0.435. The number of nitrogens with one attached hydrogen (secondary N) is 1. The van der Waals surface area contributed by atoms with Crippen molar-refractivity contribution >= 4 is 31.9 Å². The normalized spacial score (nSPS) is 12.7. The standard InChI is InChI=1S/C23H30BrNO4S/c1-17(2)7-16-22(25-30(27,28)21-14-12-20(24)13-15-21)19-10-8-18(9-11-19)5-4-6-23(26)29-3/h8-15,17,22,25H,4-7,16H2,1-3H3. The quantitative estimate of drug-likeness (QED) is 0.423. The minimum absolute atomic E-state index is 0.206. The molecule has 0 amide bonds. The highest BCUT2D eigenvalue weighted by Crippen LogP contribution is 2.25. The van der Waals surface area contributed by atoms with Crippen LogP contribution >= 0.6 is 15.9 Å². The molecule has 0 aromatic heterocycles. The van der Waals surface area contributed by atoms with Crippen molar-refractivity contribution in [3.8, 4) is 0 Å². The zero-order valence-corrected chi connectivity index (χ0v) is 20.1. The Labute approximate surface area is 188 Å². The number of hydrogen-bond acceptors (Lipinski definition) is 4. The van der Waals surface area contributed by atoms with E-state index in [1.165, 1.54) is 7.11 Å². The Bertz CT molecular complexity index is 909. The topological polar surface area (TPSA) is 72.5 Å².